The first-order valence-corrected chi connectivity index (χ1v) is 6.53. The first-order valence-electron chi connectivity index (χ1n) is 6.53. The molecule has 0 bridgehead atoms. The number of hydrogen-bond acceptors (Lipinski definition) is 3. The maximum Gasteiger partial charge on any atom is 0.0635 e. The van der Waals surface area contributed by atoms with E-state index in [1.165, 1.54) is 11.1 Å². The van der Waals surface area contributed by atoms with Crippen molar-refractivity contribution in [1.82, 2.24) is 4.90 Å². The second kappa shape index (κ2) is 7.15. The Morgan fingerprint density at radius 3 is 2.56 bits per heavy atom. The molecule has 0 aliphatic rings. The minimum absolute atomic E-state index is 0.0461. The number of nitrogens with zero attached hydrogens (tertiary/aromatic N) is 2. The van der Waals surface area contributed by atoms with Gasteiger partial charge >= 0.3 is 0 Å². The summed E-state index contributed by atoms with van der Waals surface area (Å²) in [4.78, 5) is 2.29. The van der Waals surface area contributed by atoms with Gasteiger partial charge in [-0.2, -0.15) is 5.26 Å². The summed E-state index contributed by atoms with van der Waals surface area (Å²) < 4.78 is 0. The van der Waals surface area contributed by atoms with Crippen molar-refractivity contribution < 1.29 is 0 Å². The molecular formula is C15H23N3. The molecule has 2 unspecified atom stereocenters. The first-order chi connectivity index (χ1) is 8.61. The monoisotopic (exact) mass is 245 g/mol. The highest BCUT2D eigenvalue weighted by atomic mass is 15.2. The van der Waals surface area contributed by atoms with Gasteiger partial charge < -0.3 is 5.73 Å². The number of rotatable bonds is 6. The van der Waals surface area contributed by atoms with Crippen molar-refractivity contribution in [2.24, 2.45) is 5.73 Å². The zero-order chi connectivity index (χ0) is 13.5. The van der Waals surface area contributed by atoms with E-state index in [0.717, 1.165) is 13.1 Å². The molecule has 0 radical (unpaired) electrons. The minimum atomic E-state index is 0.0461. The van der Waals surface area contributed by atoms with E-state index in [2.05, 4.69) is 43.0 Å². The molecule has 3 nitrogen and oxygen atoms in total. The summed E-state index contributed by atoms with van der Waals surface area (Å²) in [6.07, 6.45) is 0.545. The molecule has 2 N–H and O–H groups in total. The normalized spacial score (nSPS) is 14.2. The molecule has 0 aromatic heterocycles. The van der Waals surface area contributed by atoms with Crippen molar-refractivity contribution in [2.45, 2.75) is 39.3 Å². The number of nitrogens with two attached hydrogens (primary N) is 1. The molecule has 0 saturated heterocycles. The quantitative estimate of drug-likeness (QED) is 0.838. The van der Waals surface area contributed by atoms with E-state index in [0.29, 0.717) is 6.42 Å². The molecule has 0 spiro atoms. The number of hydrogen-bond donors (Lipinski definition) is 1. The van der Waals surface area contributed by atoms with Crippen LogP contribution in [0.1, 0.15) is 37.4 Å². The van der Waals surface area contributed by atoms with Crippen LogP contribution in [0.2, 0.25) is 0 Å². The summed E-state index contributed by atoms with van der Waals surface area (Å²) in [5, 5.41) is 8.75. The van der Waals surface area contributed by atoms with Crippen LogP contribution in [0.3, 0.4) is 0 Å². The van der Waals surface area contributed by atoms with Gasteiger partial charge in [0.2, 0.25) is 0 Å². The highest BCUT2D eigenvalue weighted by molar-refractivity contribution is 5.29. The van der Waals surface area contributed by atoms with Crippen LogP contribution in [-0.2, 0) is 0 Å². The molecule has 0 fully saturated rings. The van der Waals surface area contributed by atoms with E-state index in [9.17, 15) is 0 Å². The number of aryl methyl sites for hydroxylation is 1. The van der Waals surface area contributed by atoms with Crippen LogP contribution in [0.15, 0.2) is 24.3 Å². The Labute approximate surface area is 110 Å². The number of likely N-dealkylation sites (N-methyl/N-ethyl adjacent to an activating group) is 1. The fourth-order valence-electron chi connectivity index (χ4n) is 2.42. The molecule has 3 heteroatoms. The fraction of sp³-hybridized carbons (Fsp3) is 0.533. The second-order valence-corrected chi connectivity index (χ2v) is 4.70. The summed E-state index contributed by atoms with van der Waals surface area (Å²) >= 11 is 0. The fourth-order valence-corrected chi connectivity index (χ4v) is 2.42. The van der Waals surface area contributed by atoms with Gasteiger partial charge in [0.25, 0.3) is 0 Å². The largest absolute Gasteiger partial charge is 0.326 e. The molecule has 0 amide bonds. The third-order valence-corrected chi connectivity index (χ3v) is 3.32. The van der Waals surface area contributed by atoms with E-state index in [-0.39, 0.29) is 12.1 Å². The zero-order valence-electron chi connectivity index (χ0n) is 11.6. The molecule has 1 rings (SSSR count). The van der Waals surface area contributed by atoms with E-state index in [1.807, 2.05) is 13.0 Å². The lowest BCUT2D eigenvalue weighted by atomic mass is 9.95. The van der Waals surface area contributed by atoms with Gasteiger partial charge in [0.15, 0.2) is 0 Å². The summed E-state index contributed by atoms with van der Waals surface area (Å²) in [5.41, 5.74) is 8.69. The van der Waals surface area contributed by atoms with Crippen LogP contribution < -0.4 is 5.73 Å². The van der Waals surface area contributed by atoms with Crippen LogP contribution in [0.25, 0.3) is 0 Å². The Hall–Kier alpha value is -1.37. The van der Waals surface area contributed by atoms with Gasteiger partial charge in [-0.15, -0.1) is 0 Å². The van der Waals surface area contributed by atoms with E-state index >= 15 is 0 Å². The maximum atomic E-state index is 8.75. The molecule has 0 aliphatic heterocycles. The van der Waals surface area contributed by atoms with Crippen molar-refractivity contribution in [3.05, 3.63) is 35.4 Å². The van der Waals surface area contributed by atoms with Crippen molar-refractivity contribution >= 4 is 0 Å². The molecule has 0 saturated carbocycles. The van der Waals surface area contributed by atoms with Crippen molar-refractivity contribution in [3.8, 4) is 6.07 Å². The highest BCUT2D eigenvalue weighted by Gasteiger charge is 2.23. The average Bonchev–Trinajstić information content (AvgIpc) is 2.35. The Morgan fingerprint density at radius 2 is 2.06 bits per heavy atom. The van der Waals surface area contributed by atoms with Crippen molar-refractivity contribution in [2.75, 3.05) is 13.1 Å². The molecule has 0 aliphatic carbocycles. The Bertz CT molecular complexity index is 406. The average molecular weight is 245 g/mol. The standard InChI is InChI=1S/C15H23N3/c1-4-18(11-7-10-16)15(13(3)17)14-9-6-5-8-12(14)2/h5-6,8-9,13,15H,4,7,11,17H2,1-3H3. The third kappa shape index (κ3) is 3.56. The van der Waals surface area contributed by atoms with Gasteiger partial charge in [-0.1, -0.05) is 31.2 Å². The second-order valence-electron chi connectivity index (χ2n) is 4.70. The summed E-state index contributed by atoms with van der Waals surface area (Å²) in [5.74, 6) is 0. The predicted molar refractivity (Wildman–Crippen MR) is 75.0 cm³/mol. The molecule has 0 heterocycles. The number of benzene rings is 1. The van der Waals surface area contributed by atoms with Gasteiger partial charge in [0, 0.05) is 25.0 Å². The molecule has 1 aromatic rings. The molecule has 18 heavy (non-hydrogen) atoms. The van der Waals surface area contributed by atoms with E-state index in [1.54, 1.807) is 0 Å². The van der Waals surface area contributed by atoms with Gasteiger partial charge in [-0.3, -0.25) is 4.90 Å². The van der Waals surface area contributed by atoms with Gasteiger partial charge in [-0.05, 0) is 31.5 Å². The summed E-state index contributed by atoms with van der Waals surface area (Å²) in [6, 6.07) is 10.8. The minimum Gasteiger partial charge on any atom is -0.326 e. The lowest BCUT2D eigenvalue weighted by Gasteiger charge is -2.34. The highest BCUT2D eigenvalue weighted by Crippen LogP contribution is 2.26. The van der Waals surface area contributed by atoms with Crippen LogP contribution >= 0.6 is 0 Å². The van der Waals surface area contributed by atoms with Crippen LogP contribution in [0.5, 0.6) is 0 Å². The molecule has 98 valence electrons. The molecule has 1 aromatic carbocycles. The SMILES string of the molecule is CCN(CCC#N)C(c1ccccc1C)C(C)N. The maximum absolute atomic E-state index is 8.75. The van der Waals surface area contributed by atoms with E-state index in [4.69, 9.17) is 11.0 Å². The lowest BCUT2D eigenvalue weighted by molar-refractivity contribution is 0.189. The van der Waals surface area contributed by atoms with Crippen LogP contribution in [-0.4, -0.2) is 24.0 Å². The molecular weight excluding hydrogens is 222 g/mol. The van der Waals surface area contributed by atoms with Crippen molar-refractivity contribution in [1.29, 1.82) is 5.26 Å². The topological polar surface area (TPSA) is 53.0 Å². The smallest absolute Gasteiger partial charge is 0.0635 e. The van der Waals surface area contributed by atoms with Crippen LogP contribution in [0.4, 0.5) is 0 Å². The summed E-state index contributed by atoms with van der Waals surface area (Å²) in [6.45, 7) is 7.94. The third-order valence-electron chi connectivity index (χ3n) is 3.32. The Morgan fingerprint density at radius 1 is 1.39 bits per heavy atom. The predicted octanol–water partition coefficient (Wildman–Crippen LogP) is 2.62. The molecule has 2 atom stereocenters. The zero-order valence-corrected chi connectivity index (χ0v) is 11.6. The summed E-state index contributed by atoms with van der Waals surface area (Å²) in [7, 11) is 0. The lowest BCUT2D eigenvalue weighted by Crippen LogP contribution is -2.40. The van der Waals surface area contributed by atoms with Crippen molar-refractivity contribution in [3.63, 3.8) is 0 Å². The first kappa shape index (κ1) is 14.7. The van der Waals surface area contributed by atoms with E-state index < -0.39 is 0 Å². The van der Waals surface area contributed by atoms with Gasteiger partial charge in [0.05, 0.1) is 6.07 Å². The van der Waals surface area contributed by atoms with Crippen LogP contribution in [0, 0.1) is 18.3 Å². The van der Waals surface area contributed by atoms with Gasteiger partial charge in [-0.25, -0.2) is 0 Å². The number of nitriles is 1. The Kier molecular flexibility index (Phi) is 5.84. The Balaban J connectivity index is 3.02. The van der Waals surface area contributed by atoms with Gasteiger partial charge in [0.1, 0.15) is 0 Å².